The highest BCUT2D eigenvalue weighted by atomic mass is 16.3. The van der Waals surface area contributed by atoms with E-state index in [1.54, 1.807) is 0 Å². The molecule has 0 fully saturated rings. The lowest BCUT2D eigenvalue weighted by molar-refractivity contribution is 0.660. The molecule has 0 aliphatic heterocycles. The molecule has 270 valence electrons. The molecular weight excluding hydrogens is 691 g/mol. The molecule has 0 saturated heterocycles. The minimum atomic E-state index is -0.157. The van der Waals surface area contributed by atoms with E-state index in [1.165, 1.54) is 44.5 Å². The van der Waals surface area contributed by atoms with Crippen LogP contribution in [0.2, 0.25) is 0 Å². The number of fused-ring (bicyclic) bond motifs is 8. The second kappa shape index (κ2) is 13.0. The SMILES string of the molecule is CC1(C)c2ccccc2-c2ccc(N(c3cc(-c4ccccc4)cc(-c4ccccc4)c3)c3cccc4ccc5c6cc(-c7ccccc7)ccc6oc5c34)cc21. The van der Waals surface area contributed by atoms with Crippen molar-refractivity contribution in [3.63, 3.8) is 0 Å². The Morgan fingerprint density at radius 2 is 1.04 bits per heavy atom. The van der Waals surface area contributed by atoms with Crippen LogP contribution in [-0.4, -0.2) is 0 Å². The van der Waals surface area contributed by atoms with Crippen LogP contribution < -0.4 is 4.90 Å². The van der Waals surface area contributed by atoms with Gasteiger partial charge in [-0.05, 0) is 116 Å². The molecule has 1 heterocycles. The van der Waals surface area contributed by atoms with E-state index in [9.17, 15) is 0 Å². The van der Waals surface area contributed by atoms with Gasteiger partial charge in [-0.3, -0.25) is 0 Å². The van der Waals surface area contributed by atoms with Crippen LogP contribution in [0.1, 0.15) is 25.0 Å². The number of rotatable bonds is 6. The van der Waals surface area contributed by atoms with Crippen LogP contribution >= 0.6 is 0 Å². The van der Waals surface area contributed by atoms with Crippen molar-refractivity contribution in [2.75, 3.05) is 4.90 Å². The zero-order chi connectivity index (χ0) is 38.1. The molecule has 2 heteroatoms. The summed E-state index contributed by atoms with van der Waals surface area (Å²) in [6, 6.07) is 72.7. The molecule has 0 unspecified atom stereocenters. The molecule has 1 aromatic heterocycles. The highest BCUT2D eigenvalue weighted by Crippen LogP contribution is 2.52. The summed E-state index contributed by atoms with van der Waals surface area (Å²) in [7, 11) is 0. The van der Waals surface area contributed by atoms with Gasteiger partial charge in [-0.1, -0.05) is 159 Å². The fourth-order valence-corrected chi connectivity index (χ4v) is 9.17. The molecular formula is C55H39NO. The van der Waals surface area contributed by atoms with Crippen molar-refractivity contribution in [1.82, 2.24) is 0 Å². The average molecular weight is 730 g/mol. The predicted octanol–water partition coefficient (Wildman–Crippen LogP) is 15.5. The molecule has 1 aliphatic carbocycles. The molecule has 9 aromatic carbocycles. The maximum Gasteiger partial charge on any atom is 0.145 e. The van der Waals surface area contributed by atoms with Crippen LogP contribution in [0.15, 0.2) is 205 Å². The number of furan rings is 1. The summed E-state index contributed by atoms with van der Waals surface area (Å²) in [6.07, 6.45) is 0. The molecule has 1 aliphatic rings. The van der Waals surface area contributed by atoms with E-state index in [1.807, 2.05) is 0 Å². The second-order valence-electron chi connectivity index (χ2n) is 15.7. The number of hydrogen-bond acceptors (Lipinski definition) is 2. The van der Waals surface area contributed by atoms with E-state index >= 15 is 0 Å². The van der Waals surface area contributed by atoms with Gasteiger partial charge in [0.15, 0.2) is 0 Å². The van der Waals surface area contributed by atoms with Crippen molar-refractivity contribution in [2.45, 2.75) is 19.3 Å². The van der Waals surface area contributed by atoms with E-state index in [0.29, 0.717) is 0 Å². The Balaban J connectivity index is 1.20. The maximum absolute atomic E-state index is 6.93. The molecule has 0 atom stereocenters. The molecule has 0 radical (unpaired) electrons. The smallest absolute Gasteiger partial charge is 0.145 e. The van der Waals surface area contributed by atoms with E-state index in [4.69, 9.17) is 4.42 Å². The summed E-state index contributed by atoms with van der Waals surface area (Å²) in [6.45, 7) is 4.71. The molecule has 0 saturated carbocycles. The van der Waals surface area contributed by atoms with Gasteiger partial charge >= 0.3 is 0 Å². The Kier molecular flexibility index (Phi) is 7.55. The third-order valence-electron chi connectivity index (χ3n) is 12.0. The van der Waals surface area contributed by atoms with Gasteiger partial charge in [-0.15, -0.1) is 0 Å². The van der Waals surface area contributed by atoms with E-state index < -0.39 is 0 Å². The van der Waals surface area contributed by atoms with Gasteiger partial charge in [-0.25, -0.2) is 0 Å². The zero-order valence-electron chi connectivity index (χ0n) is 31.9. The Bertz CT molecular complexity index is 3080. The van der Waals surface area contributed by atoms with Crippen LogP contribution in [0.4, 0.5) is 17.1 Å². The van der Waals surface area contributed by atoms with Crippen LogP contribution in [0, 0.1) is 0 Å². The highest BCUT2D eigenvalue weighted by Gasteiger charge is 2.36. The minimum Gasteiger partial charge on any atom is -0.455 e. The van der Waals surface area contributed by atoms with Gasteiger partial charge in [-0.2, -0.15) is 0 Å². The van der Waals surface area contributed by atoms with Gasteiger partial charge in [0, 0.05) is 32.9 Å². The van der Waals surface area contributed by atoms with Gasteiger partial charge < -0.3 is 9.32 Å². The van der Waals surface area contributed by atoms with Gasteiger partial charge in [0.2, 0.25) is 0 Å². The topological polar surface area (TPSA) is 16.4 Å². The number of nitrogens with zero attached hydrogens (tertiary/aromatic N) is 1. The summed E-state index contributed by atoms with van der Waals surface area (Å²) in [5.74, 6) is 0. The lowest BCUT2D eigenvalue weighted by atomic mass is 9.82. The molecule has 2 nitrogen and oxygen atoms in total. The van der Waals surface area contributed by atoms with Crippen molar-refractivity contribution >= 4 is 49.8 Å². The van der Waals surface area contributed by atoms with Gasteiger partial charge in [0.25, 0.3) is 0 Å². The standard InChI is InChI=1S/C55H39NO/c1-55(2)49-23-13-12-22-45(49)46-29-27-43(35-50(46)55)56(44-32-41(37-17-8-4-9-18-37)31-42(33-44)38-19-10-5-11-20-38)51-24-14-21-39-25-28-47-48-34-40(36-15-6-3-7-16-36)26-30-52(48)57-54(47)53(39)51/h3-35H,1-2H3. The average Bonchev–Trinajstić information content (AvgIpc) is 3.76. The molecule has 0 bridgehead atoms. The second-order valence-corrected chi connectivity index (χ2v) is 15.7. The number of hydrogen-bond donors (Lipinski definition) is 0. The van der Waals surface area contributed by atoms with Crippen LogP contribution in [0.3, 0.4) is 0 Å². The molecule has 57 heavy (non-hydrogen) atoms. The van der Waals surface area contributed by atoms with Crippen LogP contribution in [0.5, 0.6) is 0 Å². The van der Waals surface area contributed by atoms with Crippen molar-refractivity contribution in [3.05, 3.63) is 211 Å². The first kappa shape index (κ1) is 33.2. The van der Waals surface area contributed by atoms with Crippen molar-refractivity contribution < 1.29 is 4.42 Å². The zero-order valence-corrected chi connectivity index (χ0v) is 31.9. The van der Waals surface area contributed by atoms with Crippen molar-refractivity contribution in [1.29, 1.82) is 0 Å². The maximum atomic E-state index is 6.93. The third kappa shape index (κ3) is 5.40. The Morgan fingerprint density at radius 1 is 0.404 bits per heavy atom. The predicted molar refractivity (Wildman–Crippen MR) is 240 cm³/mol. The summed E-state index contributed by atoms with van der Waals surface area (Å²) in [5, 5.41) is 4.44. The lowest BCUT2D eigenvalue weighted by Gasteiger charge is -2.30. The number of anilines is 3. The first-order valence-electron chi connectivity index (χ1n) is 19.8. The molecule has 0 amide bonds. The first-order chi connectivity index (χ1) is 28.0. The fourth-order valence-electron chi connectivity index (χ4n) is 9.17. The largest absolute Gasteiger partial charge is 0.455 e. The van der Waals surface area contributed by atoms with Crippen LogP contribution in [0.25, 0.3) is 77.2 Å². The normalized spacial score (nSPS) is 12.9. The van der Waals surface area contributed by atoms with E-state index in [2.05, 4.69) is 219 Å². The molecule has 11 rings (SSSR count). The van der Waals surface area contributed by atoms with E-state index in [0.717, 1.165) is 60.9 Å². The third-order valence-corrected chi connectivity index (χ3v) is 12.0. The van der Waals surface area contributed by atoms with E-state index in [-0.39, 0.29) is 5.41 Å². The Labute approximate surface area is 332 Å². The monoisotopic (exact) mass is 729 g/mol. The number of benzene rings is 9. The molecule has 0 spiro atoms. The van der Waals surface area contributed by atoms with Crippen molar-refractivity contribution in [2.24, 2.45) is 0 Å². The fraction of sp³-hybridized carbons (Fsp3) is 0.0545. The summed E-state index contributed by atoms with van der Waals surface area (Å²) in [5.41, 5.74) is 17.2. The molecule has 10 aromatic rings. The quantitative estimate of drug-likeness (QED) is 0.169. The van der Waals surface area contributed by atoms with Crippen LogP contribution in [-0.2, 0) is 5.41 Å². The first-order valence-corrected chi connectivity index (χ1v) is 19.8. The summed E-state index contributed by atoms with van der Waals surface area (Å²) in [4.78, 5) is 2.46. The van der Waals surface area contributed by atoms with Gasteiger partial charge in [0.05, 0.1) is 5.69 Å². The van der Waals surface area contributed by atoms with Gasteiger partial charge in [0.1, 0.15) is 11.2 Å². The Hall–Kier alpha value is -7.16. The Morgan fingerprint density at radius 3 is 1.74 bits per heavy atom. The van der Waals surface area contributed by atoms with Crippen molar-refractivity contribution in [3.8, 4) is 44.5 Å². The summed E-state index contributed by atoms with van der Waals surface area (Å²) >= 11 is 0. The lowest BCUT2D eigenvalue weighted by Crippen LogP contribution is -2.16. The molecule has 0 N–H and O–H groups in total. The summed E-state index contributed by atoms with van der Waals surface area (Å²) < 4.78 is 6.93. The highest BCUT2D eigenvalue weighted by molar-refractivity contribution is 6.20. The minimum absolute atomic E-state index is 0.157.